The second-order valence-electron chi connectivity index (χ2n) is 4.17. The van der Waals surface area contributed by atoms with E-state index in [9.17, 15) is 4.79 Å². The van der Waals surface area contributed by atoms with E-state index in [0.717, 1.165) is 17.1 Å². The van der Waals surface area contributed by atoms with E-state index in [-0.39, 0.29) is 12.5 Å². The highest BCUT2D eigenvalue weighted by Gasteiger charge is 2.11. The summed E-state index contributed by atoms with van der Waals surface area (Å²) in [5.41, 5.74) is 0.987. The zero-order chi connectivity index (χ0) is 13.5. The number of rotatable bonds is 6. The number of hydrogen-bond donors (Lipinski definition) is 2. The lowest BCUT2D eigenvalue weighted by Crippen LogP contribution is -2.33. The van der Waals surface area contributed by atoms with E-state index < -0.39 is 0 Å². The van der Waals surface area contributed by atoms with Crippen molar-refractivity contribution in [3.05, 3.63) is 36.4 Å². The standard InChI is InChI=1S/C14H18N2O3/c1-2-5-15-10-14(17)16-9-11-3-4-12-13(8-11)19-7-6-18-12/h2-4,8,15H,1,5-7,9-10H2,(H,16,17). The maximum Gasteiger partial charge on any atom is 0.234 e. The van der Waals surface area contributed by atoms with Crippen molar-refractivity contribution in [2.24, 2.45) is 0 Å². The normalized spacial score (nSPS) is 12.8. The van der Waals surface area contributed by atoms with Gasteiger partial charge in [-0.05, 0) is 17.7 Å². The van der Waals surface area contributed by atoms with Gasteiger partial charge >= 0.3 is 0 Å². The van der Waals surface area contributed by atoms with Crippen molar-refractivity contribution in [2.75, 3.05) is 26.3 Å². The molecule has 0 fully saturated rings. The molecule has 1 aromatic rings. The number of hydrogen-bond acceptors (Lipinski definition) is 4. The van der Waals surface area contributed by atoms with Crippen molar-refractivity contribution in [1.29, 1.82) is 0 Å². The molecule has 1 aromatic carbocycles. The average molecular weight is 262 g/mol. The molecule has 1 aliphatic heterocycles. The maximum atomic E-state index is 11.5. The van der Waals surface area contributed by atoms with Crippen LogP contribution in [0.25, 0.3) is 0 Å². The molecule has 1 amide bonds. The minimum Gasteiger partial charge on any atom is -0.486 e. The van der Waals surface area contributed by atoms with E-state index in [1.54, 1.807) is 6.08 Å². The van der Waals surface area contributed by atoms with Crippen LogP contribution in [0, 0.1) is 0 Å². The molecule has 0 atom stereocenters. The molecule has 1 aliphatic rings. The van der Waals surface area contributed by atoms with Gasteiger partial charge in [-0.2, -0.15) is 0 Å². The molecule has 0 aromatic heterocycles. The summed E-state index contributed by atoms with van der Waals surface area (Å²) >= 11 is 0. The Morgan fingerprint density at radius 3 is 2.89 bits per heavy atom. The lowest BCUT2D eigenvalue weighted by atomic mass is 10.2. The predicted octanol–water partition coefficient (Wildman–Crippen LogP) is 0.850. The number of ether oxygens (including phenoxy) is 2. The molecule has 0 unspecified atom stereocenters. The lowest BCUT2D eigenvalue weighted by molar-refractivity contribution is -0.120. The second kappa shape index (κ2) is 6.80. The number of benzene rings is 1. The average Bonchev–Trinajstić information content (AvgIpc) is 2.45. The molecule has 0 bridgehead atoms. The highest BCUT2D eigenvalue weighted by molar-refractivity contribution is 5.78. The highest BCUT2D eigenvalue weighted by atomic mass is 16.6. The number of carbonyl (C=O) groups excluding carboxylic acids is 1. The Hall–Kier alpha value is -2.01. The van der Waals surface area contributed by atoms with Crippen LogP contribution in [-0.4, -0.2) is 32.2 Å². The second-order valence-corrected chi connectivity index (χ2v) is 4.17. The van der Waals surface area contributed by atoms with Gasteiger partial charge in [0.25, 0.3) is 0 Å². The number of fused-ring (bicyclic) bond motifs is 1. The molecule has 2 rings (SSSR count). The summed E-state index contributed by atoms with van der Waals surface area (Å²) in [6, 6.07) is 5.68. The van der Waals surface area contributed by atoms with E-state index >= 15 is 0 Å². The molecule has 0 saturated heterocycles. The van der Waals surface area contributed by atoms with E-state index in [0.29, 0.717) is 26.3 Å². The van der Waals surface area contributed by atoms with E-state index in [1.807, 2.05) is 18.2 Å². The van der Waals surface area contributed by atoms with Crippen LogP contribution in [0.5, 0.6) is 11.5 Å². The van der Waals surface area contributed by atoms with E-state index in [4.69, 9.17) is 9.47 Å². The van der Waals surface area contributed by atoms with Gasteiger partial charge in [0.2, 0.25) is 5.91 Å². The Morgan fingerprint density at radius 2 is 2.11 bits per heavy atom. The predicted molar refractivity (Wildman–Crippen MR) is 72.3 cm³/mol. The quantitative estimate of drug-likeness (QED) is 0.589. The summed E-state index contributed by atoms with van der Waals surface area (Å²) < 4.78 is 10.9. The number of nitrogens with one attached hydrogen (secondary N) is 2. The molecule has 1 heterocycles. The largest absolute Gasteiger partial charge is 0.486 e. The van der Waals surface area contributed by atoms with E-state index in [1.165, 1.54) is 0 Å². The zero-order valence-corrected chi connectivity index (χ0v) is 10.8. The fourth-order valence-electron chi connectivity index (χ4n) is 1.75. The molecule has 0 saturated carbocycles. The highest BCUT2D eigenvalue weighted by Crippen LogP contribution is 2.30. The molecule has 0 spiro atoms. The minimum atomic E-state index is -0.0447. The lowest BCUT2D eigenvalue weighted by Gasteiger charge is -2.19. The third-order valence-electron chi connectivity index (χ3n) is 2.67. The molecule has 102 valence electrons. The van der Waals surface area contributed by atoms with Gasteiger partial charge < -0.3 is 20.1 Å². The summed E-state index contributed by atoms with van der Waals surface area (Å²) in [5.74, 6) is 1.45. The van der Waals surface area contributed by atoms with Crippen LogP contribution in [-0.2, 0) is 11.3 Å². The summed E-state index contributed by atoms with van der Waals surface area (Å²) in [6.45, 7) is 6.11. The van der Waals surface area contributed by atoms with Gasteiger partial charge in [0.15, 0.2) is 11.5 Å². The first-order valence-corrected chi connectivity index (χ1v) is 6.26. The minimum absolute atomic E-state index is 0.0447. The Bertz CT molecular complexity index is 460. The molecular formula is C14H18N2O3. The van der Waals surface area contributed by atoms with Gasteiger partial charge in [-0.3, -0.25) is 4.79 Å². The summed E-state index contributed by atoms with van der Waals surface area (Å²) in [7, 11) is 0. The fourth-order valence-corrected chi connectivity index (χ4v) is 1.75. The molecular weight excluding hydrogens is 244 g/mol. The van der Waals surface area contributed by atoms with Crippen molar-refractivity contribution in [3.8, 4) is 11.5 Å². The van der Waals surface area contributed by atoms with Crippen LogP contribution in [0.2, 0.25) is 0 Å². The summed E-state index contributed by atoms with van der Waals surface area (Å²) in [6.07, 6.45) is 1.72. The monoisotopic (exact) mass is 262 g/mol. The number of carbonyl (C=O) groups is 1. The topological polar surface area (TPSA) is 59.6 Å². The molecule has 5 nitrogen and oxygen atoms in total. The zero-order valence-electron chi connectivity index (χ0n) is 10.8. The molecule has 0 aliphatic carbocycles. The van der Waals surface area contributed by atoms with Gasteiger partial charge in [0, 0.05) is 13.1 Å². The molecule has 2 N–H and O–H groups in total. The Balaban J connectivity index is 1.82. The van der Waals surface area contributed by atoms with Crippen LogP contribution in [0.1, 0.15) is 5.56 Å². The van der Waals surface area contributed by atoms with Crippen LogP contribution in [0.15, 0.2) is 30.9 Å². The van der Waals surface area contributed by atoms with Crippen LogP contribution >= 0.6 is 0 Å². The van der Waals surface area contributed by atoms with Crippen LogP contribution < -0.4 is 20.1 Å². The van der Waals surface area contributed by atoms with Crippen molar-refractivity contribution in [3.63, 3.8) is 0 Å². The number of amides is 1. The first-order valence-electron chi connectivity index (χ1n) is 6.26. The van der Waals surface area contributed by atoms with Crippen molar-refractivity contribution < 1.29 is 14.3 Å². The Morgan fingerprint density at radius 1 is 1.32 bits per heavy atom. The van der Waals surface area contributed by atoms with Crippen molar-refractivity contribution >= 4 is 5.91 Å². The Kier molecular flexibility index (Phi) is 4.80. The molecule has 5 heteroatoms. The van der Waals surface area contributed by atoms with Gasteiger partial charge in [-0.15, -0.1) is 6.58 Å². The van der Waals surface area contributed by atoms with E-state index in [2.05, 4.69) is 17.2 Å². The van der Waals surface area contributed by atoms with Crippen molar-refractivity contribution in [2.45, 2.75) is 6.54 Å². The summed E-state index contributed by atoms with van der Waals surface area (Å²) in [5, 5.41) is 5.78. The van der Waals surface area contributed by atoms with Gasteiger partial charge in [0.05, 0.1) is 6.54 Å². The van der Waals surface area contributed by atoms with Gasteiger partial charge in [0.1, 0.15) is 13.2 Å². The molecule has 19 heavy (non-hydrogen) atoms. The first-order chi connectivity index (χ1) is 9.29. The van der Waals surface area contributed by atoms with Crippen LogP contribution in [0.4, 0.5) is 0 Å². The third kappa shape index (κ3) is 3.99. The fraction of sp³-hybridized carbons (Fsp3) is 0.357. The maximum absolute atomic E-state index is 11.5. The summed E-state index contributed by atoms with van der Waals surface area (Å²) in [4.78, 5) is 11.5. The van der Waals surface area contributed by atoms with Gasteiger partial charge in [-0.1, -0.05) is 12.1 Å². The van der Waals surface area contributed by atoms with Crippen molar-refractivity contribution in [1.82, 2.24) is 10.6 Å². The SMILES string of the molecule is C=CCNCC(=O)NCc1ccc2c(c1)OCCO2. The van der Waals surface area contributed by atoms with Gasteiger partial charge in [-0.25, -0.2) is 0 Å². The molecule has 0 radical (unpaired) electrons. The Labute approximate surface area is 112 Å². The smallest absolute Gasteiger partial charge is 0.234 e. The van der Waals surface area contributed by atoms with Crippen LogP contribution in [0.3, 0.4) is 0 Å². The first kappa shape index (κ1) is 13.4. The third-order valence-corrected chi connectivity index (χ3v) is 2.67.